The first-order chi connectivity index (χ1) is 14.2. The fourth-order valence-corrected chi connectivity index (χ4v) is 4.06. The van der Waals surface area contributed by atoms with Crippen LogP contribution in [-0.2, 0) is 11.2 Å². The van der Waals surface area contributed by atoms with Crippen LogP contribution >= 0.6 is 0 Å². The van der Waals surface area contributed by atoms with Crippen molar-refractivity contribution in [2.45, 2.75) is 24.4 Å². The van der Waals surface area contributed by atoms with Gasteiger partial charge in [-0.15, -0.1) is 0 Å². The van der Waals surface area contributed by atoms with E-state index < -0.39 is 0 Å². The average molecular weight is 386 g/mol. The van der Waals surface area contributed by atoms with E-state index in [9.17, 15) is 9.90 Å². The molecule has 1 amide bonds. The maximum absolute atomic E-state index is 12.3. The maximum atomic E-state index is 12.3. The smallest absolute Gasteiger partial charge is 0.224 e. The van der Waals surface area contributed by atoms with Crippen molar-refractivity contribution in [3.63, 3.8) is 0 Å². The van der Waals surface area contributed by atoms with Crippen molar-refractivity contribution in [1.82, 2.24) is 10.6 Å². The third kappa shape index (κ3) is 4.56. The minimum atomic E-state index is 0.0172. The monoisotopic (exact) mass is 386 g/mol. The Balaban J connectivity index is 1.38. The highest BCUT2D eigenvalue weighted by Gasteiger charge is 2.40. The van der Waals surface area contributed by atoms with E-state index in [0.29, 0.717) is 13.0 Å². The molecule has 3 atom stereocenters. The molecule has 1 heterocycles. The van der Waals surface area contributed by atoms with Gasteiger partial charge in [0.15, 0.2) is 0 Å². The molecule has 1 aliphatic heterocycles. The van der Waals surface area contributed by atoms with E-state index in [2.05, 4.69) is 47.0 Å². The Morgan fingerprint density at radius 3 is 2.10 bits per heavy atom. The van der Waals surface area contributed by atoms with E-state index in [1.165, 1.54) is 16.7 Å². The summed E-state index contributed by atoms with van der Waals surface area (Å²) in [6, 6.07) is 28.7. The predicted octanol–water partition coefficient (Wildman–Crippen LogP) is 3.13. The van der Waals surface area contributed by atoms with Crippen LogP contribution in [0.3, 0.4) is 0 Å². The highest BCUT2D eigenvalue weighted by Crippen LogP contribution is 2.33. The lowest BCUT2D eigenvalue weighted by Crippen LogP contribution is -2.64. The van der Waals surface area contributed by atoms with Crippen molar-refractivity contribution in [1.29, 1.82) is 0 Å². The number of rotatable bonds is 7. The van der Waals surface area contributed by atoms with E-state index >= 15 is 0 Å². The normalized spacial score (nSPS) is 20.7. The third-order valence-corrected chi connectivity index (χ3v) is 5.62. The van der Waals surface area contributed by atoms with Crippen LogP contribution in [-0.4, -0.2) is 36.2 Å². The largest absolute Gasteiger partial charge is 0.395 e. The summed E-state index contributed by atoms with van der Waals surface area (Å²) in [5, 5.41) is 16.1. The van der Waals surface area contributed by atoms with Crippen LogP contribution in [0, 0.1) is 0 Å². The fraction of sp³-hybridized carbons (Fsp3) is 0.240. The van der Waals surface area contributed by atoms with Crippen molar-refractivity contribution in [2.24, 2.45) is 0 Å². The number of carbonyl (C=O) groups is 1. The van der Waals surface area contributed by atoms with Crippen LogP contribution in [0.25, 0.3) is 11.1 Å². The second kappa shape index (κ2) is 9.03. The molecule has 4 nitrogen and oxygen atoms in total. The summed E-state index contributed by atoms with van der Waals surface area (Å²) in [5.74, 6) is 0.200. The molecule has 0 unspecified atom stereocenters. The molecule has 4 heteroatoms. The first-order valence-electron chi connectivity index (χ1n) is 10.1. The Labute approximate surface area is 171 Å². The summed E-state index contributed by atoms with van der Waals surface area (Å²) < 4.78 is 0. The summed E-state index contributed by atoms with van der Waals surface area (Å²) in [7, 11) is 0. The van der Waals surface area contributed by atoms with Gasteiger partial charge in [-0.3, -0.25) is 4.79 Å². The van der Waals surface area contributed by atoms with Crippen molar-refractivity contribution in [3.05, 3.63) is 96.1 Å². The van der Waals surface area contributed by atoms with Crippen molar-refractivity contribution < 1.29 is 9.90 Å². The number of carbonyl (C=O) groups excluding carboxylic acids is 1. The van der Waals surface area contributed by atoms with Crippen molar-refractivity contribution in [2.75, 3.05) is 13.2 Å². The Hall–Kier alpha value is -2.95. The van der Waals surface area contributed by atoms with Gasteiger partial charge in [-0.05, 0) is 22.3 Å². The zero-order chi connectivity index (χ0) is 20.1. The number of nitrogens with one attached hydrogen (secondary N) is 2. The fourth-order valence-electron chi connectivity index (χ4n) is 4.06. The van der Waals surface area contributed by atoms with Gasteiger partial charge >= 0.3 is 0 Å². The van der Waals surface area contributed by atoms with Crippen LogP contribution in [0.1, 0.15) is 17.0 Å². The van der Waals surface area contributed by atoms with Gasteiger partial charge in [-0.25, -0.2) is 0 Å². The molecule has 1 saturated heterocycles. The molecule has 0 aromatic heterocycles. The molecule has 0 spiro atoms. The number of aliphatic hydroxyl groups is 1. The molecule has 3 N–H and O–H groups in total. The van der Waals surface area contributed by atoms with Crippen molar-refractivity contribution >= 4 is 5.91 Å². The molecule has 3 aromatic carbocycles. The Morgan fingerprint density at radius 2 is 1.45 bits per heavy atom. The number of benzene rings is 3. The van der Waals surface area contributed by atoms with Crippen LogP contribution in [0.2, 0.25) is 0 Å². The van der Waals surface area contributed by atoms with Gasteiger partial charge in [-0.1, -0.05) is 84.9 Å². The van der Waals surface area contributed by atoms with Gasteiger partial charge in [0.05, 0.1) is 13.0 Å². The highest BCUT2D eigenvalue weighted by atomic mass is 16.3. The SMILES string of the molecule is O=C(Cc1ccccc1)NC[C@@H]1N[C@H](CO)[C@@H]1c1ccc(-c2ccccc2)cc1. The Kier molecular flexibility index (Phi) is 6.03. The minimum Gasteiger partial charge on any atom is -0.395 e. The van der Waals surface area contributed by atoms with Gasteiger partial charge < -0.3 is 15.7 Å². The molecule has 0 radical (unpaired) electrons. The van der Waals surface area contributed by atoms with Gasteiger partial charge in [0.2, 0.25) is 5.91 Å². The Morgan fingerprint density at radius 1 is 0.828 bits per heavy atom. The van der Waals surface area contributed by atoms with E-state index in [-0.39, 0.29) is 30.5 Å². The predicted molar refractivity (Wildman–Crippen MR) is 116 cm³/mol. The molecule has 0 saturated carbocycles. The van der Waals surface area contributed by atoms with Crippen LogP contribution in [0.15, 0.2) is 84.9 Å². The molecule has 148 valence electrons. The molecule has 3 aromatic rings. The second-order valence-electron chi connectivity index (χ2n) is 7.54. The maximum Gasteiger partial charge on any atom is 0.224 e. The van der Waals surface area contributed by atoms with E-state index in [1.807, 2.05) is 48.5 Å². The lowest BCUT2D eigenvalue weighted by Gasteiger charge is -2.46. The zero-order valence-electron chi connectivity index (χ0n) is 16.3. The van der Waals surface area contributed by atoms with Gasteiger partial charge in [0.25, 0.3) is 0 Å². The lowest BCUT2D eigenvalue weighted by molar-refractivity contribution is -0.120. The molecule has 0 aliphatic carbocycles. The standard InChI is InChI=1S/C25H26N2O2/c28-17-23-25(21-13-11-20(12-14-21)19-9-5-2-6-10-19)22(27-23)16-26-24(29)15-18-7-3-1-4-8-18/h1-14,22-23,25,27-28H,15-17H2,(H,26,29)/t22-,23+,25+/m0/s1. The average Bonchev–Trinajstić information content (AvgIpc) is 2.75. The van der Waals surface area contributed by atoms with Gasteiger partial charge in [-0.2, -0.15) is 0 Å². The summed E-state index contributed by atoms with van der Waals surface area (Å²) >= 11 is 0. The topological polar surface area (TPSA) is 61.4 Å². The van der Waals surface area contributed by atoms with E-state index in [4.69, 9.17) is 0 Å². The number of amides is 1. The Bertz CT molecular complexity index is 926. The minimum absolute atomic E-state index is 0.0172. The van der Waals surface area contributed by atoms with Crippen LogP contribution < -0.4 is 10.6 Å². The molecule has 29 heavy (non-hydrogen) atoms. The van der Waals surface area contributed by atoms with Gasteiger partial charge in [0.1, 0.15) is 0 Å². The molecular weight excluding hydrogens is 360 g/mol. The summed E-state index contributed by atoms with van der Waals surface area (Å²) in [4.78, 5) is 12.3. The first-order valence-corrected chi connectivity index (χ1v) is 10.1. The number of hydrogen-bond acceptors (Lipinski definition) is 3. The van der Waals surface area contributed by atoms with E-state index in [0.717, 1.165) is 5.56 Å². The number of aliphatic hydroxyl groups excluding tert-OH is 1. The summed E-state index contributed by atoms with van der Waals surface area (Å²) in [6.45, 7) is 0.632. The van der Waals surface area contributed by atoms with Crippen LogP contribution in [0.5, 0.6) is 0 Å². The molecule has 0 bridgehead atoms. The first kappa shape index (κ1) is 19.4. The molecular formula is C25H26N2O2. The number of hydrogen-bond donors (Lipinski definition) is 3. The van der Waals surface area contributed by atoms with Crippen LogP contribution in [0.4, 0.5) is 0 Å². The second-order valence-corrected chi connectivity index (χ2v) is 7.54. The molecule has 4 rings (SSSR count). The van der Waals surface area contributed by atoms with Crippen molar-refractivity contribution in [3.8, 4) is 11.1 Å². The highest BCUT2D eigenvalue weighted by molar-refractivity contribution is 5.78. The van der Waals surface area contributed by atoms with Gasteiger partial charge in [0, 0.05) is 24.5 Å². The third-order valence-electron chi connectivity index (χ3n) is 5.62. The lowest BCUT2D eigenvalue weighted by atomic mass is 9.77. The quantitative estimate of drug-likeness (QED) is 0.585. The summed E-state index contributed by atoms with van der Waals surface area (Å²) in [5.41, 5.74) is 4.56. The zero-order valence-corrected chi connectivity index (χ0v) is 16.3. The molecule has 1 fully saturated rings. The molecule has 1 aliphatic rings. The van der Waals surface area contributed by atoms with E-state index in [1.54, 1.807) is 0 Å². The summed E-state index contributed by atoms with van der Waals surface area (Å²) in [6.07, 6.45) is 0.382.